The molecule has 4 nitrogen and oxygen atoms in total. The lowest BCUT2D eigenvalue weighted by Crippen LogP contribution is -2.18. The summed E-state index contributed by atoms with van der Waals surface area (Å²) in [6.07, 6.45) is 0. The van der Waals surface area contributed by atoms with Crippen LogP contribution in [-0.4, -0.2) is 33.3 Å². The molecule has 0 spiro atoms. The highest BCUT2D eigenvalue weighted by Gasteiger charge is 2.03. The quantitative estimate of drug-likeness (QED) is 0.504. The van der Waals surface area contributed by atoms with Crippen molar-refractivity contribution in [1.29, 1.82) is 0 Å². The van der Waals surface area contributed by atoms with Crippen molar-refractivity contribution in [2.24, 2.45) is 0 Å². The van der Waals surface area contributed by atoms with E-state index in [1.807, 2.05) is 24.3 Å². The number of ether oxygens (including phenoxy) is 2. The van der Waals surface area contributed by atoms with Gasteiger partial charge in [-0.1, -0.05) is 24.0 Å². The number of carbonyl (C=O) groups excluding carboxylic acids is 1. The minimum absolute atomic E-state index is 0.343. The molecule has 24 heavy (non-hydrogen) atoms. The molecule has 2 aromatic rings. The van der Waals surface area contributed by atoms with Gasteiger partial charge in [-0.3, -0.25) is 0 Å². The highest BCUT2D eigenvalue weighted by molar-refractivity contribution is 5.89. The van der Waals surface area contributed by atoms with Crippen molar-refractivity contribution >= 4 is 5.97 Å². The molecule has 1 N–H and O–H groups in total. The summed E-state index contributed by atoms with van der Waals surface area (Å²) in [5, 5.41) is 3.30. The summed E-state index contributed by atoms with van der Waals surface area (Å²) in [7, 11) is 3.06. The normalized spacial score (nSPS) is 9.92. The van der Waals surface area contributed by atoms with Gasteiger partial charge in [-0.05, 0) is 42.0 Å². The zero-order valence-electron chi connectivity index (χ0n) is 14.0. The van der Waals surface area contributed by atoms with Crippen LogP contribution in [0, 0.1) is 11.8 Å². The van der Waals surface area contributed by atoms with E-state index in [9.17, 15) is 4.79 Å². The van der Waals surface area contributed by atoms with Crippen LogP contribution in [0.4, 0.5) is 0 Å². The SMILES string of the molecule is COCCNCc1ccc(C#Cc2ccc(C(=O)OC)cc2)cc1. The lowest BCUT2D eigenvalue weighted by molar-refractivity contribution is 0.0600. The molecule has 0 amide bonds. The first kappa shape index (κ1) is 17.7. The van der Waals surface area contributed by atoms with E-state index in [-0.39, 0.29) is 5.97 Å². The minimum atomic E-state index is -0.343. The molecule has 0 saturated heterocycles. The second-order valence-corrected chi connectivity index (χ2v) is 5.19. The van der Waals surface area contributed by atoms with E-state index in [1.54, 1.807) is 19.2 Å². The average molecular weight is 323 g/mol. The molecule has 0 aliphatic heterocycles. The Labute approximate surface area is 142 Å². The molecular formula is C20H21NO3. The summed E-state index contributed by atoms with van der Waals surface area (Å²) < 4.78 is 9.66. The first-order valence-electron chi connectivity index (χ1n) is 7.72. The Morgan fingerprint density at radius 1 is 0.958 bits per heavy atom. The summed E-state index contributed by atoms with van der Waals surface area (Å²) in [4.78, 5) is 11.4. The number of methoxy groups -OCH3 is 2. The number of nitrogens with one attached hydrogen (secondary N) is 1. The van der Waals surface area contributed by atoms with Crippen molar-refractivity contribution in [3.63, 3.8) is 0 Å². The third kappa shape index (κ3) is 5.54. The van der Waals surface area contributed by atoms with Gasteiger partial charge >= 0.3 is 5.97 Å². The van der Waals surface area contributed by atoms with Crippen LogP contribution in [0.5, 0.6) is 0 Å². The second kappa shape index (κ2) is 9.51. The number of hydrogen-bond donors (Lipinski definition) is 1. The molecule has 0 unspecified atom stereocenters. The highest BCUT2D eigenvalue weighted by atomic mass is 16.5. The average Bonchev–Trinajstić information content (AvgIpc) is 2.64. The summed E-state index contributed by atoms with van der Waals surface area (Å²) in [6, 6.07) is 15.2. The molecule has 0 heterocycles. The first-order valence-corrected chi connectivity index (χ1v) is 7.72. The van der Waals surface area contributed by atoms with Gasteiger partial charge in [0, 0.05) is 31.3 Å². The highest BCUT2D eigenvalue weighted by Crippen LogP contribution is 2.06. The molecule has 2 aromatic carbocycles. The molecule has 0 fully saturated rings. The lowest BCUT2D eigenvalue weighted by atomic mass is 10.1. The van der Waals surface area contributed by atoms with Crippen LogP contribution >= 0.6 is 0 Å². The van der Waals surface area contributed by atoms with Gasteiger partial charge in [0.15, 0.2) is 0 Å². The van der Waals surface area contributed by atoms with Gasteiger partial charge in [0.25, 0.3) is 0 Å². The number of esters is 1. The number of rotatable bonds is 6. The molecule has 0 aliphatic carbocycles. The molecule has 2 rings (SSSR count). The Bertz CT molecular complexity index is 709. The molecule has 4 heteroatoms. The van der Waals surface area contributed by atoms with Crippen LogP contribution < -0.4 is 5.32 Å². The van der Waals surface area contributed by atoms with Crippen LogP contribution in [0.2, 0.25) is 0 Å². The largest absolute Gasteiger partial charge is 0.465 e. The standard InChI is InChI=1S/C20H21NO3/c1-23-14-13-21-15-18-7-5-16(6-8-18)3-4-17-9-11-19(12-10-17)20(22)24-2/h5-12,21H,13-15H2,1-2H3. The first-order chi connectivity index (χ1) is 11.7. The predicted octanol–water partition coefficient (Wildman–Crippen LogP) is 2.61. The molecule has 0 atom stereocenters. The lowest BCUT2D eigenvalue weighted by Gasteiger charge is -2.04. The second-order valence-electron chi connectivity index (χ2n) is 5.19. The Kier molecular flexibility index (Phi) is 7.03. The van der Waals surface area contributed by atoms with Crippen LogP contribution in [0.1, 0.15) is 27.0 Å². The molecular weight excluding hydrogens is 302 g/mol. The number of carbonyl (C=O) groups is 1. The van der Waals surface area contributed by atoms with Crippen LogP contribution in [0.3, 0.4) is 0 Å². The number of hydrogen-bond acceptors (Lipinski definition) is 4. The maximum Gasteiger partial charge on any atom is 0.337 e. The van der Waals surface area contributed by atoms with Gasteiger partial charge in [0.1, 0.15) is 0 Å². The topological polar surface area (TPSA) is 47.6 Å². The third-order valence-electron chi connectivity index (χ3n) is 3.42. The zero-order valence-corrected chi connectivity index (χ0v) is 14.0. The van der Waals surface area contributed by atoms with Crippen LogP contribution in [-0.2, 0) is 16.0 Å². The smallest absolute Gasteiger partial charge is 0.337 e. The van der Waals surface area contributed by atoms with Gasteiger partial charge in [-0.25, -0.2) is 4.79 Å². The fraction of sp³-hybridized carbons (Fsp3) is 0.250. The van der Waals surface area contributed by atoms with Crippen molar-refractivity contribution in [2.45, 2.75) is 6.54 Å². The fourth-order valence-electron chi connectivity index (χ4n) is 2.06. The zero-order chi connectivity index (χ0) is 17.2. The summed E-state index contributed by atoms with van der Waals surface area (Å²) in [5.41, 5.74) is 3.54. The van der Waals surface area contributed by atoms with E-state index in [2.05, 4.69) is 34.0 Å². The van der Waals surface area contributed by atoms with E-state index < -0.39 is 0 Å². The molecule has 0 radical (unpaired) electrons. The predicted molar refractivity (Wildman–Crippen MR) is 93.8 cm³/mol. The van der Waals surface area contributed by atoms with E-state index in [1.165, 1.54) is 12.7 Å². The van der Waals surface area contributed by atoms with Gasteiger partial charge in [0.2, 0.25) is 0 Å². The van der Waals surface area contributed by atoms with E-state index in [4.69, 9.17) is 4.74 Å². The molecule has 0 aliphatic rings. The Balaban J connectivity index is 1.94. The monoisotopic (exact) mass is 323 g/mol. The minimum Gasteiger partial charge on any atom is -0.465 e. The van der Waals surface area contributed by atoms with Crippen molar-refractivity contribution in [3.05, 3.63) is 70.8 Å². The van der Waals surface area contributed by atoms with Crippen molar-refractivity contribution in [1.82, 2.24) is 5.32 Å². The summed E-state index contributed by atoms with van der Waals surface area (Å²) >= 11 is 0. The Hall–Kier alpha value is -2.61. The van der Waals surface area contributed by atoms with Gasteiger partial charge < -0.3 is 14.8 Å². The maximum atomic E-state index is 11.4. The fourth-order valence-corrected chi connectivity index (χ4v) is 2.06. The Morgan fingerprint density at radius 3 is 2.08 bits per heavy atom. The Morgan fingerprint density at radius 2 is 1.54 bits per heavy atom. The van der Waals surface area contributed by atoms with Gasteiger partial charge in [-0.15, -0.1) is 0 Å². The summed E-state index contributed by atoms with van der Waals surface area (Å²) in [6.45, 7) is 2.35. The van der Waals surface area contributed by atoms with E-state index in [0.29, 0.717) is 12.2 Å². The van der Waals surface area contributed by atoms with Crippen LogP contribution in [0.15, 0.2) is 48.5 Å². The maximum absolute atomic E-state index is 11.4. The van der Waals surface area contributed by atoms with Crippen LogP contribution in [0.25, 0.3) is 0 Å². The van der Waals surface area contributed by atoms with E-state index in [0.717, 1.165) is 24.2 Å². The van der Waals surface area contributed by atoms with Crippen molar-refractivity contribution in [2.75, 3.05) is 27.4 Å². The number of benzene rings is 2. The molecule has 0 aromatic heterocycles. The third-order valence-corrected chi connectivity index (χ3v) is 3.42. The van der Waals surface area contributed by atoms with Crippen molar-refractivity contribution < 1.29 is 14.3 Å². The summed E-state index contributed by atoms with van der Waals surface area (Å²) in [5.74, 6) is 5.87. The van der Waals surface area contributed by atoms with Crippen molar-refractivity contribution in [3.8, 4) is 11.8 Å². The van der Waals surface area contributed by atoms with Gasteiger partial charge in [-0.2, -0.15) is 0 Å². The molecule has 124 valence electrons. The van der Waals surface area contributed by atoms with Gasteiger partial charge in [0.05, 0.1) is 19.3 Å². The molecule has 0 saturated carbocycles. The van der Waals surface area contributed by atoms with E-state index >= 15 is 0 Å². The molecule has 0 bridgehead atoms.